The zero-order chi connectivity index (χ0) is 26.5. The number of benzene rings is 1. The minimum atomic E-state index is -2.50. The molecule has 2 N–H and O–H groups in total. The SMILES string of the molecule is CC1(C)CCC(COc2cccc(-c3cn(C4CC(CN5CCC(F)(F)CC5)C4)c4ncnc(N)c34)c2)O1. The molecule has 2 saturated heterocycles. The fourth-order valence-corrected chi connectivity index (χ4v) is 6.25. The van der Waals surface area contributed by atoms with Crippen LogP contribution >= 0.6 is 0 Å². The highest BCUT2D eigenvalue weighted by Crippen LogP contribution is 2.44. The van der Waals surface area contributed by atoms with Crippen molar-refractivity contribution in [2.24, 2.45) is 5.92 Å². The molecule has 3 aromatic rings. The van der Waals surface area contributed by atoms with Gasteiger partial charge in [0.25, 0.3) is 5.92 Å². The highest BCUT2D eigenvalue weighted by molar-refractivity contribution is 6.00. The van der Waals surface area contributed by atoms with E-state index in [1.54, 1.807) is 0 Å². The maximum absolute atomic E-state index is 13.5. The number of piperidine rings is 1. The number of hydrogen-bond acceptors (Lipinski definition) is 6. The molecular formula is C29H37F2N5O2. The number of fused-ring (bicyclic) bond motifs is 1. The van der Waals surface area contributed by atoms with Crippen LogP contribution in [0, 0.1) is 5.92 Å². The van der Waals surface area contributed by atoms with E-state index in [1.165, 1.54) is 6.33 Å². The molecule has 204 valence electrons. The highest BCUT2D eigenvalue weighted by Gasteiger charge is 2.38. The van der Waals surface area contributed by atoms with Crippen LogP contribution in [0.5, 0.6) is 5.75 Å². The van der Waals surface area contributed by atoms with E-state index in [4.69, 9.17) is 15.2 Å². The van der Waals surface area contributed by atoms with E-state index >= 15 is 0 Å². The van der Waals surface area contributed by atoms with Crippen molar-refractivity contribution >= 4 is 16.9 Å². The van der Waals surface area contributed by atoms with Gasteiger partial charge in [0.05, 0.1) is 17.1 Å². The van der Waals surface area contributed by atoms with Crippen molar-refractivity contribution in [1.29, 1.82) is 0 Å². The first kappa shape index (κ1) is 25.5. The summed E-state index contributed by atoms with van der Waals surface area (Å²) in [6.07, 6.45) is 7.74. The molecule has 0 radical (unpaired) electrons. The molecule has 2 aliphatic heterocycles. The van der Waals surface area contributed by atoms with E-state index in [0.717, 1.165) is 60.1 Å². The van der Waals surface area contributed by atoms with Crippen LogP contribution in [0.2, 0.25) is 0 Å². The van der Waals surface area contributed by atoms with Crippen LogP contribution in [0.15, 0.2) is 36.8 Å². The topological polar surface area (TPSA) is 78.4 Å². The van der Waals surface area contributed by atoms with Gasteiger partial charge in [-0.1, -0.05) is 12.1 Å². The highest BCUT2D eigenvalue weighted by atomic mass is 19.3. The van der Waals surface area contributed by atoms with Crippen LogP contribution in [-0.4, -0.2) is 63.3 Å². The predicted molar refractivity (Wildman–Crippen MR) is 143 cm³/mol. The van der Waals surface area contributed by atoms with Crippen LogP contribution in [0.3, 0.4) is 0 Å². The third-order valence-electron chi connectivity index (χ3n) is 8.48. The Hall–Kier alpha value is -2.78. The summed E-state index contributed by atoms with van der Waals surface area (Å²) >= 11 is 0. The minimum absolute atomic E-state index is 0.0284. The fourth-order valence-electron chi connectivity index (χ4n) is 6.25. The Kier molecular flexibility index (Phi) is 6.54. The van der Waals surface area contributed by atoms with Gasteiger partial charge in [-0.25, -0.2) is 18.7 Å². The van der Waals surface area contributed by atoms with E-state index in [0.29, 0.717) is 37.5 Å². The first-order valence-electron chi connectivity index (χ1n) is 13.8. The number of hydrogen-bond donors (Lipinski definition) is 1. The molecule has 7 nitrogen and oxygen atoms in total. The van der Waals surface area contributed by atoms with Gasteiger partial charge in [-0.2, -0.15) is 0 Å². The Morgan fingerprint density at radius 2 is 1.92 bits per heavy atom. The van der Waals surface area contributed by atoms with Crippen LogP contribution in [0.25, 0.3) is 22.2 Å². The van der Waals surface area contributed by atoms with Gasteiger partial charge in [-0.3, -0.25) is 0 Å². The molecule has 3 aliphatic rings. The molecule has 1 atom stereocenters. The largest absolute Gasteiger partial charge is 0.491 e. The van der Waals surface area contributed by atoms with Gasteiger partial charge in [0, 0.05) is 50.3 Å². The molecule has 1 aromatic carbocycles. The molecule has 6 rings (SSSR count). The summed E-state index contributed by atoms with van der Waals surface area (Å²) in [5.41, 5.74) is 9.11. The van der Waals surface area contributed by atoms with E-state index < -0.39 is 5.92 Å². The lowest BCUT2D eigenvalue weighted by atomic mass is 9.79. The third-order valence-corrected chi connectivity index (χ3v) is 8.48. The molecule has 1 aliphatic carbocycles. The monoisotopic (exact) mass is 525 g/mol. The zero-order valence-corrected chi connectivity index (χ0v) is 22.2. The van der Waals surface area contributed by atoms with Gasteiger partial charge in [0.2, 0.25) is 0 Å². The van der Waals surface area contributed by atoms with Crippen molar-refractivity contribution < 1.29 is 18.3 Å². The van der Waals surface area contributed by atoms with E-state index in [-0.39, 0.29) is 24.5 Å². The van der Waals surface area contributed by atoms with Gasteiger partial charge in [0.15, 0.2) is 0 Å². The fraction of sp³-hybridized carbons (Fsp3) is 0.586. The third kappa shape index (κ3) is 5.23. The lowest BCUT2D eigenvalue weighted by Gasteiger charge is -2.41. The second kappa shape index (κ2) is 9.75. The molecule has 1 unspecified atom stereocenters. The average Bonchev–Trinajstić information content (AvgIpc) is 3.41. The number of aromatic nitrogens is 3. The molecule has 2 aromatic heterocycles. The molecule has 0 amide bonds. The number of nitrogens with zero attached hydrogens (tertiary/aromatic N) is 4. The summed E-state index contributed by atoms with van der Waals surface area (Å²) in [6, 6.07) is 8.37. The number of ether oxygens (including phenoxy) is 2. The van der Waals surface area contributed by atoms with E-state index in [9.17, 15) is 8.78 Å². The molecule has 0 spiro atoms. The van der Waals surface area contributed by atoms with Crippen LogP contribution < -0.4 is 10.5 Å². The normalized spacial score (nSPS) is 26.9. The van der Waals surface area contributed by atoms with Crippen LogP contribution in [0.1, 0.15) is 58.4 Å². The van der Waals surface area contributed by atoms with Crippen molar-refractivity contribution in [3.05, 3.63) is 36.8 Å². The summed E-state index contributed by atoms with van der Waals surface area (Å²) < 4.78 is 41.5. The van der Waals surface area contributed by atoms with Crippen LogP contribution in [0.4, 0.5) is 14.6 Å². The molecule has 1 saturated carbocycles. The summed E-state index contributed by atoms with van der Waals surface area (Å²) in [5.74, 6) is -0.738. The smallest absolute Gasteiger partial charge is 0.250 e. The Bertz CT molecular complexity index is 1290. The van der Waals surface area contributed by atoms with E-state index in [1.807, 2.05) is 18.2 Å². The molecule has 4 heterocycles. The summed E-state index contributed by atoms with van der Waals surface area (Å²) in [7, 11) is 0. The van der Waals surface area contributed by atoms with Crippen molar-refractivity contribution in [2.75, 3.05) is 32.0 Å². The van der Waals surface area contributed by atoms with Gasteiger partial charge < -0.3 is 24.7 Å². The number of alkyl halides is 2. The summed E-state index contributed by atoms with van der Waals surface area (Å²) in [5, 5.41) is 0.854. The van der Waals surface area contributed by atoms with Crippen molar-refractivity contribution in [3.8, 4) is 16.9 Å². The van der Waals surface area contributed by atoms with E-state index in [2.05, 4.69) is 45.5 Å². The molecule has 0 bridgehead atoms. The zero-order valence-electron chi connectivity index (χ0n) is 22.2. The number of anilines is 1. The van der Waals surface area contributed by atoms with Gasteiger partial charge >= 0.3 is 0 Å². The first-order valence-corrected chi connectivity index (χ1v) is 13.8. The maximum Gasteiger partial charge on any atom is 0.250 e. The summed E-state index contributed by atoms with van der Waals surface area (Å²) in [4.78, 5) is 11.1. The Morgan fingerprint density at radius 1 is 1.13 bits per heavy atom. The quantitative estimate of drug-likeness (QED) is 0.426. The standard InChI is InChI=1S/C29H37F2N5O2/c1-28(2)7-6-23(38-28)17-37-22-5-3-4-20(14-22)24-16-36(27-25(24)26(32)33-18-34-27)21-12-19(13-21)15-35-10-8-29(30,31)9-11-35/h3-5,14,16,18-19,21,23H,6-13,15,17H2,1-2H3,(H2,32,33,34). The van der Waals surface area contributed by atoms with Gasteiger partial charge in [-0.15, -0.1) is 0 Å². The lowest BCUT2D eigenvalue weighted by Crippen LogP contribution is -2.44. The molecule has 38 heavy (non-hydrogen) atoms. The van der Waals surface area contributed by atoms with Crippen molar-refractivity contribution in [1.82, 2.24) is 19.4 Å². The second-order valence-electron chi connectivity index (χ2n) is 11.9. The van der Waals surface area contributed by atoms with Crippen molar-refractivity contribution in [2.45, 2.75) is 76.0 Å². The predicted octanol–water partition coefficient (Wildman–Crippen LogP) is 5.70. The second-order valence-corrected chi connectivity index (χ2v) is 11.9. The van der Waals surface area contributed by atoms with Gasteiger partial charge in [-0.05, 0) is 63.1 Å². The first-order chi connectivity index (χ1) is 18.2. The number of rotatable bonds is 7. The number of likely N-dealkylation sites (tertiary alicyclic amines) is 1. The minimum Gasteiger partial charge on any atom is -0.491 e. The van der Waals surface area contributed by atoms with Crippen LogP contribution in [-0.2, 0) is 4.74 Å². The van der Waals surface area contributed by atoms with Gasteiger partial charge in [0.1, 0.15) is 30.1 Å². The Labute approximate surface area is 222 Å². The lowest BCUT2D eigenvalue weighted by molar-refractivity contribution is -0.0603. The maximum atomic E-state index is 13.5. The average molecular weight is 526 g/mol. The molecule has 3 fully saturated rings. The number of nitrogen functional groups attached to an aromatic ring is 1. The Balaban J connectivity index is 1.17. The molecule has 9 heteroatoms. The van der Waals surface area contributed by atoms with Crippen molar-refractivity contribution in [3.63, 3.8) is 0 Å². The molecular weight excluding hydrogens is 488 g/mol. The summed E-state index contributed by atoms with van der Waals surface area (Å²) in [6.45, 7) is 6.62. The Morgan fingerprint density at radius 3 is 2.66 bits per heavy atom. The number of halogens is 2. The number of nitrogens with two attached hydrogens (primary N) is 1.